The van der Waals surface area contributed by atoms with Crippen molar-refractivity contribution < 1.29 is 9.47 Å². The van der Waals surface area contributed by atoms with E-state index in [4.69, 9.17) is 14.6 Å². The van der Waals surface area contributed by atoms with Crippen molar-refractivity contribution in [1.29, 1.82) is 0 Å². The van der Waals surface area contributed by atoms with Crippen molar-refractivity contribution in [2.45, 2.75) is 20.3 Å². The van der Waals surface area contributed by atoms with Gasteiger partial charge in [0.05, 0.1) is 11.4 Å². The molecule has 26 heavy (non-hydrogen) atoms. The Morgan fingerprint density at radius 3 is 2.54 bits per heavy atom. The second-order valence-corrected chi connectivity index (χ2v) is 6.97. The predicted molar refractivity (Wildman–Crippen MR) is 102 cm³/mol. The maximum Gasteiger partial charge on any atom is 0.163 e. The molecule has 0 unspecified atom stereocenters. The number of fused-ring (bicyclic) bond motifs is 2. The van der Waals surface area contributed by atoms with E-state index in [0.717, 1.165) is 41.7 Å². The number of nitrogens with one attached hydrogen (secondary N) is 1. The number of benzene rings is 2. The van der Waals surface area contributed by atoms with E-state index in [1.807, 2.05) is 22.9 Å². The van der Waals surface area contributed by atoms with Crippen LogP contribution in [0.1, 0.15) is 16.7 Å². The second kappa shape index (κ2) is 5.80. The number of anilines is 1. The third kappa shape index (κ3) is 2.43. The Labute approximate surface area is 152 Å². The number of rotatable bonds is 2. The van der Waals surface area contributed by atoms with Gasteiger partial charge < -0.3 is 14.8 Å². The highest BCUT2D eigenvalue weighted by Crippen LogP contribution is 2.38. The molecular formula is C21H21N3O2. The number of nitrogens with zero attached hydrogens (tertiary/aromatic N) is 2. The van der Waals surface area contributed by atoms with Crippen molar-refractivity contribution in [2.75, 3.05) is 25.1 Å². The molecule has 0 saturated carbocycles. The standard InChI is InChI=1S/C21H21N3O2/c1-13-9-14(2)11-15(10-13)20-17-5-6-22-21(17)24(23-20)16-3-4-18-19(12-16)26-8-7-25-18/h3-4,9-12,22H,5-8H2,1-2H3. The molecule has 0 radical (unpaired) electrons. The Bertz CT molecular complexity index is 986. The SMILES string of the molecule is Cc1cc(C)cc(-c2nn(-c3ccc4c(c3)OCCO4)c3c2CCN3)c1. The van der Waals surface area contributed by atoms with Gasteiger partial charge in [0.2, 0.25) is 0 Å². The fraction of sp³-hybridized carbons (Fsp3) is 0.286. The number of ether oxygens (including phenoxy) is 2. The summed E-state index contributed by atoms with van der Waals surface area (Å²) in [7, 11) is 0. The molecule has 2 aliphatic heterocycles. The predicted octanol–water partition coefficient (Wildman–Crippen LogP) is 3.90. The number of hydrogen-bond donors (Lipinski definition) is 1. The van der Waals surface area contributed by atoms with Crippen molar-refractivity contribution in [3.8, 4) is 28.4 Å². The Hall–Kier alpha value is -2.95. The van der Waals surface area contributed by atoms with E-state index in [2.05, 4.69) is 37.4 Å². The van der Waals surface area contributed by atoms with Crippen LogP contribution >= 0.6 is 0 Å². The first kappa shape index (κ1) is 15.3. The lowest BCUT2D eigenvalue weighted by Crippen LogP contribution is -2.15. The van der Waals surface area contributed by atoms with Crippen molar-refractivity contribution in [3.05, 3.63) is 53.1 Å². The van der Waals surface area contributed by atoms with Crippen LogP contribution in [0.25, 0.3) is 16.9 Å². The van der Waals surface area contributed by atoms with Gasteiger partial charge in [0, 0.05) is 23.7 Å². The normalized spacial score (nSPS) is 14.8. The molecule has 2 aromatic carbocycles. The molecular weight excluding hydrogens is 326 g/mol. The highest BCUT2D eigenvalue weighted by Gasteiger charge is 2.25. The lowest BCUT2D eigenvalue weighted by molar-refractivity contribution is 0.171. The zero-order chi connectivity index (χ0) is 17.7. The number of hydrogen-bond acceptors (Lipinski definition) is 4. The summed E-state index contributed by atoms with van der Waals surface area (Å²) < 4.78 is 13.4. The van der Waals surface area contributed by atoms with Gasteiger partial charge in [-0.25, -0.2) is 4.68 Å². The molecule has 1 aromatic heterocycles. The first-order chi connectivity index (χ1) is 12.7. The topological polar surface area (TPSA) is 48.3 Å². The second-order valence-electron chi connectivity index (χ2n) is 6.97. The highest BCUT2D eigenvalue weighted by molar-refractivity contribution is 5.74. The quantitative estimate of drug-likeness (QED) is 0.764. The van der Waals surface area contributed by atoms with Crippen LogP contribution < -0.4 is 14.8 Å². The van der Waals surface area contributed by atoms with Crippen LogP contribution in [-0.4, -0.2) is 29.5 Å². The van der Waals surface area contributed by atoms with Crippen LogP contribution in [0.2, 0.25) is 0 Å². The zero-order valence-electron chi connectivity index (χ0n) is 15.0. The first-order valence-electron chi connectivity index (χ1n) is 9.03. The summed E-state index contributed by atoms with van der Waals surface area (Å²) in [4.78, 5) is 0. The molecule has 0 spiro atoms. The average Bonchev–Trinajstić information content (AvgIpc) is 3.23. The summed E-state index contributed by atoms with van der Waals surface area (Å²) in [6.45, 7) is 6.39. The first-order valence-corrected chi connectivity index (χ1v) is 9.03. The van der Waals surface area contributed by atoms with Crippen LogP contribution in [0.15, 0.2) is 36.4 Å². The molecule has 0 fully saturated rings. The Balaban J connectivity index is 1.65. The van der Waals surface area contributed by atoms with Gasteiger partial charge in [-0.05, 0) is 44.5 Å². The minimum atomic E-state index is 0.583. The van der Waals surface area contributed by atoms with Gasteiger partial charge in [-0.2, -0.15) is 5.10 Å². The van der Waals surface area contributed by atoms with Crippen molar-refractivity contribution in [1.82, 2.24) is 9.78 Å². The average molecular weight is 347 g/mol. The molecule has 0 amide bonds. The molecule has 132 valence electrons. The van der Waals surface area contributed by atoms with E-state index in [-0.39, 0.29) is 0 Å². The van der Waals surface area contributed by atoms with E-state index < -0.39 is 0 Å². The van der Waals surface area contributed by atoms with Gasteiger partial charge in [0.15, 0.2) is 11.5 Å². The van der Waals surface area contributed by atoms with E-state index in [1.165, 1.54) is 22.3 Å². The lowest BCUT2D eigenvalue weighted by Gasteiger charge is -2.19. The third-order valence-electron chi connectivity index (χ3n) is 4.92. The lowest BCUT2D eigenvalue weighted by atomic mass is 10.0. The van der Waals surface area contributed by atoms with E-state index in [9.17, 15) is 0 Å². The van der Waals surface area contributed by atoms with Crippen LogP contribution in [0.4, 0.5) is 5.82 Å². The molecule has 2 aliphatic rings. The molecule has 5 heteroatoms. The van der Waals surface area contributed by atoms with Crippen molar-refractivity contribution >= 4 is 5.82 Å². The number of aryl methyl sites for hydroxylation is 2. The molecule has 5 nitrogen and oxygen atoms in total. The highest BCUT2D eigenvalue weighted by atomic mass is 16.6. The molecule has 0 aliphatic carbocycles. The summed E-state index contributed by atoms with van der Waals surface area (Å²) in [6.07, 6.45) is 0.988. The van der Waals surface area contributed by atoms with Crippen molar-refractivity contribution in [3.63, 3.8) is 0 Å². The van der Waals surface area contributed by atoms with E-state index in [1.54, 1.807) is 0 Å². The van der Waals surface area contributed by atoms with Crippen LogP contribution in [0.5, 0.6) is 11.5 Å². The van der Waals surface area contributed by atoms with Crippen molar-refractivity contribution in [2.24, 2.45) is 0 Å². The van der Waals surface area contributed by atoms with Crippen LogP contribution in [0, 0.1) is 13.8 Å². The summed E-state index contributed by atoms with van der Waals surface area (Å²) in [5.74, 6) is 2.66. The maximum atomic E-state index is 5.74. The molecule has 3 aromatic rings. The minimum absolute atomic E-state index is 0.583. The summed E-state index contributed by atoms with van der Waals surface area (Å²) >= 11 is 0. The Morgan fingerprint density at radius 1 is 0.962 bits per heavy atom. The molecule has 1 N–H and O–H groups in total. The van der Waals surface area contributed by atoms with Gasteiger partial charge in [-0.3, -0.25) is 0 Å². The third-order valence-corrected chi connectivity index (χ3v) is 4.92. The van der Waals surface area contributed by atoms with Gasteiger partial charge in [-0.15, -0.1) is 0 Å². The van der Waals surface area contributed by atoms with Gasteiger partial charge >= 0.3 is 0 Å². The molecule has 0 atom stereocenters. The summed E-state index contributed by atoms with van der Waals surface area (Å²) in [5.41, 5.74) is 7.02. The van der Waals surface area contributed by atoms with E-state index >= 15 is 0 Å². The monoisotopic (exact) mass is 347 g/mol. The summed E-state index contributed by atoms with van der Waals surface area (Å²) in [5, 5.41) is 8.46. The van der Waals surface area contributed by atoms with Crippen LogP contribution in [-0.2, 0) is 6.42 Å². The fourth-order valence-corrected chi connectivity index (χ4v) is 3.87. The van der Waals surface area contributed by atoms with Gasteiger partial charge in [0.25, 0.3) is 0 Å². The molecule has 0 bridgehead atoms. The summed E-state index contributed by atoms with van der Waals surface area (Å²) in [6, 6.07) is 12.6. The largest absolute Gasteiger partial charge is 0.486 e. The van der Waals surface area contributed by atoms with E-state index in [0.29, 0.717) is 13.2 Å². The minimum Gasteiger partial charge on any atom is -0.486 e. The van der Waals surface area contributed by atoms with Crippen LogP contribution in [0.3, 0.4) is 0 Å². The Morgan fingerprint density at radius 2 is 1.73 bits per heavy atom. The van der Waals surface area contributed by atoms with Gasteiger partial charge in [0.1, 0.15) is 19.0 Å². The maximum absolute atomic E-state index is 5.74. The fourth-order valence-electron chi connectivity index (χ4n) is 3.87. The molecule has 0 saturated heterocycles. The zero-order valence-corrected chi connectivity index (χ0v) is 15.0. The van der Waals surface area contributed by atoms with Gasteiger partial charge in [-0.1, -0.05) is 17.2 Å². The smallest absolute Gasteiger partial charge is 0.163 e. The molecule has 5 rings (SSSR count). The Kier molecular flexibility index (Phi) is 3.42. The number of aromatic nitrogens is 2. The molecule has 3 heterocycles.